The molecule has 0 saturated heterocycles. The van der Waals surface area contributed by atoms with Crippen LogP contribution in [0.25, 0.3) is 0 Å². The Morgan fingerprint density at radius 1 is 0.968 bits per heavy atom. The van der Waals surface area contributed by atoms with Gasteiger partial charge in [0.15, 0.2) is 0 Å². The van der Waals surface area contributed by atoms with E-state index in [1.807, 2.05) is 0 Å². The van der Waals surface area contributed by atoms with Crippen molar-refractivity contribution in [2.75, 3.05) is 5.32 Å². The summed E-state index contributed by atoms with van der Waals surface area (Å²) >= 11 is 11.9. The van der Waals surface area contributed by atoms with Crippen LogP contribution in [0.3, 0.4) is 0 Å². The third-order valence-electron chi connectivity index (χ3n) is 4.04. The van der Waals surface area contributed by atoms with Gasteiger partial charge in [-0.25, -0.2) is 5.43 Å². The molecule has 2 amide bonds. The lowest BCUT2D eigenvalue weighted by Crippen LogP contribution is -2.18. The summed E-state index contributed by atoms with van der Waals surface area (Å²) in [5.41, 5.74) is 3.77. The van der Waals surface area contributed by atoms with Gasteiger partial charge in [-0.2, -0.15) is 5.10 Å². The number of nitro benzene ring substituents is 1. The number of hydrogen-bond acceptors (Lipinski definition) is 5. The van der Waals surface area contributed by atoms with E-state index in [0.717, 1.165) is 0 Å². The Bertz CT molecular complexity index is 1180. The number of carbonyl (C=O) groups is 2. The number of rotatable bonds is 6. The lowest BCUT2D eigenvalue weighted by atomic mass is 10.1. The van der Waals surface area contributed by atoms with Gasteiger partial charge in [-0.05, 0) is 42.5 Å². The second-order valence-corrected chi connectivity index (χ2v) is 7.05. The highest BCUT2D eigenvalue weighted by atomic mass is 35.5. The molecule has 156 valence electrons. The standard InChI is InChI=1S/C21H14Cl2N4O4/c22-15-6-9-18(19(23)11-15)21(29)25-16-7-4-14(5-8-16)20(28)26-24-12-13-2-1-3-17(10-13)27(30)31/h1-12H,(H,25,29)(H,26,28)/b24-12-. The van der Waals surface area contributed by atoms with Gasteiger partial charge >= 0.3 is 0 Å². The molecule has 0 aliphatic carbocycles. The molecule has 0 saturated carbocycles. The lowest BCUT2D eigenvalue weighted by Gasteiger charge is -2.08. The minimum absolute atomic E-state index is 0.0761. The second kappa shape index (κ2) is 9.84. The second-order valence-electron chi connectivity index (χ2n) is 6.21. The molecule has 3 aromatic carbocycles. The van der Waals surface area contributed by atoms with Crippen molar-refractivity contribution >= 4 is 52.6 Å². The lowest BCUT2D eigenvalue weighted by molar-refractivity contribution is -0.384. The molecule has 8 nitrogen and oxygen atoms in total. The van der Waals surface area contributed by atoms with Crippen molar-refractivity contribution in [1.82, 2.24) is 5.43 Å². The average Bonchev–Trinajstić information content (AvgIpc) is 2.74. The third-order valence-corrected chi connectivity index (χ3v) is 4.59. The highest BCUT2D eigenvalue weighted by Gasteiger charge is 2.12. The summed E-state index contributed by atoms with van der Waals surface area (Å²) < 4.78 is 0. The number of nitro groups is 1. The van der Waals surface area contributed by atoms with Gasteiger partial charge in [0.25, 0.3) is 17.5 Å². The number of nitrogens with zero attached hydrogens (tertiary/aromatic N) is 2. The van der Waals surface area contributed by atoms with Crippen molar-refractivity contribution in [1.29, 1.82) is 0 Å². The van der Waals surface area contributed by atoms with Crippen molar-refractivity contribution in [3.63, 3.8) is 0 Å². The normalized spacial score (nSPS) is 10.6. The fourth-order valence-electron chi connectivity index (χ4n) is 2.53. The van der Waals surface area contributed by atoms with Crippen LogP contribution in [0.2, 0.25) is 10.0 Å². The number of benzene rings is 3. The quantitative estimate of drug-likeness (QED) is 0.311. The summed E-state index contributed by atoms with van der Waals surface area (Å²) in [6.45, 7) is 0. The highest BCUT2D eigenvalue weighted by molar-refractivity contribution is 6.37. The number of hydrazone groups is 1. The van der Waals surface area contributed by atoms with Gasteiger partial charge in [0.05, 0.1) is 21.7 Å². The molecular formula is C21H14Cl2N4O4. The molecule has 10 heteroatoms. The number of amides is 2. The summed E-state index contributed by atoms with van der Waals surface area (Å²) in [5, 5.41) is 17.9. The zero-order valence-corrected chi connectivity index (χ0v) is 17.2. The van der Waals surface area contributed by atoms with Crippen molar-refractivity contribution < 1.29 is 14.5 Å². The largest absolute Gasteiger partial charge is 0.322 e. The van der Waals surface area contributed by atoms with Gasteiger partial charge in [0.1, 0.15) is 0 Å². The fraction of sp³-hybridized carbons (Fsp3) is 0. The number of non-ortho nitro benzene ring substituents is 1. The maximum absolute atomic E-state index is 12.3. The van der Waals surface area contributed by atoms with Crippen LogP contribution in [0, 0.1) is 10.1 Å². The summed E-state index contributed by atoms with van der Waals surface area (Å²) in [4.78, 5) is 34.8. The Morgan fingerprint density at radius 2 is 1.71 bits per heavy atom. The molecule has 31 heavy (non-hydrogen) atoms. The molecule has 0 bridgehead atoms. The number of carbonyl (C=O) groups excluding carboxylic acids is 2. The van der Waals surface area contributed by atoms with E-state index >= 15 is 0 Å². The Labute approximate surface area is 186 Å². The first-order valence-corrected chi connectivity index (χ1v) is 9.53. The van der Waals surface area contributed by atoms with Crippen LogP contribution in [0.5, 0.6) is 0 Å². The number of halogens is 2. The zero-order valence-electron chi connectivity index (χ0n) is 15.7. The Morgan fingerprint density at radius 3 is 2.39 bits per heavy atom. The van der Waals surface area contributed by atoms with E-state index in [0.29, 0.717) is 21.8 Å². The Balaban J connectivity index is 1.60. The number of hydrogen-bond donors (Lipinski definition) is 2. The van der Waals surface area contributed by atoms with Gasteiger partial charge in [-0.15, -0.1) is 0 Å². The fourth-order valence-corrected chi connectivity index (χ4v) is 3.02. The molecule has 0 fully saturated rings. The smallest absolute Gasteiger partial charge is 0.271 e. The summed E-state index contributed by atoms with van der Waals surface area (Å²) in [6.07, 6.45) is 1.30. The summed E-state index contributed by atoms with van der Waals surface area (Å²) in [7, 11) is 0. The van der Waals surface area contributed by atoms with E-state index in [-0.39, 0.29) is 16.3 Å². The van der Waals surface area contributed by atoms with E-state index in [9.17, 15) is 19.7 Å². The highest BCUT2D eigenvalue weighted by Crippen LogP contribution is 2.22. The van der Waals surface area contributed by atoms with Crippen molar-refractivity contribution in [3.05, 3.63) is 104 Å². The van der Waals surface area contributed by atoms with Crippen LogP contribution in [0.15, 0.2) is 71.8 Å². The molecule has 0 spiro atoms. The van der Waals surface area contributed by atoms with Crippen LogP contribution in [0.1, 0.15) is 26.3 Å². The minimum Gasteiger partial charge on any atom is -0.322 e. The van der Waals surface area contributed by atoms with Gasteiger partial charge in [-0.1, -0.05) is 35.3 Å². The first-order chi connectivity index (χ1) is 14.8. The van der Waals surface area contributed by atoms with Gasteiger partial charge in [0, 0.05) is 34.0 Å². The predicted molar refractivity (Wildman–Crippen MR) is 119 cm³/mol. The van der Waals surface area contributed by atoms with Crippen LogP contribution in [-0.2, 0) is 0 Å². The van der Waals surface area contributed by atoms with Crippen LogP contribution in [-0.4, -0.2) is 23.0 Å². The SMILES string of the molecule is O=C(N/N=C\c1cccc([N+](=O)[O-])c1)c1ccc(NC(=O)c2ccc(Cl)cc2Cl)cc1. The van der Waals surface area contributed by atoms with Crippen molar-refractivity contribution in [2.45, 2.75) is 0 Å². The van der Waals surface area contributed by atoms with Crippen LogP contribution in [0.4, 0.5) is 11.4 Å². The third kappa shape index (κ3) is 5.88. The van der Waals surface area contributed by atoms with E-state index in [2.05, 4.69) is 15.8 Å². The molecule has 0 aromatic heterocycles. The number of nitrogens with one attached hydrogen (secondary N) is 2. The maximum Gasteiger partial charge on any atom is 0.271 e. The molecule has 0 radical (unpaired) electrons. The summed E-state index contributed by atoms with van der Waals surface area (Å²) in [5.74, 6) is -0.902. The summed E-state index contributed by atoms with van der Waals surface area (Å²) in [6, 6.07) is 16.5. The Kier molecular flexibility index (Phi) is 6.96. The maximum atomic E-state index is 12.3. The van der Waals surface area contributed by atoms with Gasteiger partial charge in [0.2, 0.25) is 0 Å². The molecule has 3 aromatic rings. The molecule has 2 N–H and O–H groups in total. The molecule has 0 unspecified atom stereocenters. The van der Waals surface area contributed by atoms with Gasteiger partial charge in [-0.3, -0.25) is 19.7 Å². The zero-order chi connectivity index (χ0) is 22.4. The molecule has 3 rings (SSSR count). The number of anilines is 1. The monoisotopic (exact) mass is 456 g/mol. The molecule has 0 heterocycles. The van der Waals surface area contributed by atoms with E-state index < -0.39 is 16.7 Å². The molecular weight excluding hydrogens is 443 g/mol. The van der Waals surface area contributed by atoms with E-state index in [1.54, 1.807) is 24.3 Å². The van der Waals surface area contributed by atoms with Crippen molar-refractivity contribution in [2.24, 2.45) is 5.10 Å². The van der Waals surface area contributed by atoms with Crippen LogP contribution < -0.4 is 10.7 Å². The minimum atomic E-state index is -0.517. The first-order valence-electron chi connectivity index (χ1n) is 8.78. The van der Waals surface area contributed by atoms with Gasteiger partial charge < -0.3 is 5.32 Å². The Hall–Kier alpha value is -3.75. The first kappa shape index (κ1) is 21.9. The molecule has 0 aliphatic heterocycles. The topological polar surface area (TPSA) is 114 Å². The van der Waals surface area contributed by atoms with E-state index in [1.165, 1.54) is 48.7 Å². The van der Waals surface area contributed by atoms with Crippen LogP contribution >= 0.6 is 23.2 Å². The average molecular weight is 457 g/mol. The van der Waals surface area contributed by atoms with E-state index in [4.69, 9.17) is 23.2 Å². The molecule has 0 atom stereocenters. The van der Waals surface area contributed by atoms with Crippen molar-refractivity contribution in [3.8, 4) is 0 Å². The molecule has 0 aliphatic rings. The predicted octanol–water partition coefficient (Wildman–Crippen LogP) is 4.92.